The third-order valence-electron chi connectivity index (χ3n) is 3.32. The van der Waals surface area contributed by atoms with Crippen molar-refractivity contribution in [2.75, 3.05) is 26.7 Å². The number of piperazine rings is 1. The van der Waals surface area contributed by atoms with Gasteiger partial charge in [-0.3, -0.25) is 10.1 Å². The van der Waals surface area contributed by atoms with Crippen LogP contribution in [0.3, 0.4) is 0 Å². The van der Waals surface area contributed by atoms with Gasteiger partial charge in [-0.15, -0.1) is 0 Å². The van der Waals surface area contributed by atoms with E-state index >= 15 is 0 Å². The van der Waals surface area contributed by atoms with Crippen LogP contribution in [-0.4, -0.2) is 50.4 Å². The van der Waals surface area contributed by atoms with E-state index in [1.54, 1.807) is 0 Å². The molecule has 116 valence electrons. The Balaban J connectivity index is 2.40. The van der Waals surface area contributed by atoms with Crippen molar-refractivity contribution in [2.45, 2.75) is 17.9 Å². The van der Waals surface area contributed by atoms with Crippen molar-refractivity contribution >= 4 is 15.7 Å². The lowest BCUT2D eigenvalue weighted by atomic mass is 10.3. The topological polar surface area (TPSA) is 102 Å². The summed E-state index contributed by atoms with van der Waals surface area (Å²) in [5, 5.41) is 14.1. The first kappa shape index (κ1) is 15.7. The summed E-state index contributed by atoms with van der Waals surface area (Å²) in [6.07, 6.45) is 0. The molecule has 1 aromatic carbocycles. The van der Waals surface area contributed by atoms with Crippen LogP contribution in [0.4, 0.5) is 5.69 Å². The highest BCUT2D eigenvalue weighted by Crippen LogP contribution is 2.30. The molecule has 2 rings (SSSR count). The molecule has 0 aromatic heterocycles. The number of ether oxygens (including phenoxy) is 1. The highest BCUT2D eigenvalue weighted by molar-refractivity contribution is 7.89. The molecule has 1 aliphatic rings. The predicted molar refractivity (Wildman–Crippen MR) is 75.9 cm³/mol. The Hall–Kier alpha value is -1.71. The van der Waals surface area contributed by atoms with Crippen molar-refractivity contribution in [1.29, 1.82) is 0 Å². The quantitative estimate of drug-likeness (QED) is 0.644. The summed E-state index contributed by atoms with van der Waals surface area (Å²) in [5.74, 6) is 0.0348. The number of nitro groups is 1. The Morgan fingerprint density at radius 3 is 2.76 bits per heavy atom. The van der Waals surface area contributed by atoms with Gasteiger partial charge in [0.1, 0.15) is 0 Å². The first-order valence-electron chi connectivity index (χ1n) is 6.42. The lowest BCUT2D eigenvalue weighted by Gasteiger charge is -2.30. The van der Waals surface area contributed by atoms with Gasteiger partial charge in [-0.2, -0.15) is 4.31 Å². The van der Waals surface area contributed by atoms with Crippen LogP contribution >= 0.6 is 0 Å². The number of nitro benzene ring substituents is 1. The first-order chi connectivity index (χ1) is 9.86. The van der Waals surface area contributed by atoms with E-state index in [-0.39, 0.29) is 22.4 Å². The van der Waals surface area contributed by atoms with Gasteiger partial charge in [0.15, 0.2) is 5.75 Å². The summed E-state index contributed by atoms with van der Waals surface area (Å²) >= 11 is 0. The summed E-state index contributed by atoms with van der Waals surface area (Å²) in [5.41, 5.74) is -0.359. The van der Waals surface area contributed by atoms with Crippen LogP contribution in [0.2, 0.25) is 0 Å². The van der Waals surface area contributed by atoms with Gasteiger partial charge >= 0.3 is 5.69 Å². The SMILES string of the molecule is COc1ccc(S(=O)(=O)N2CCNC(C)C2)cc1[N+](=O)[O-]. The summed E-state index contributed by atoms with van der Waals surface area (Å²) in [4.78, 5) is 10.2. The number of sulfonamides is 1. The molecular formula is C12H17N3O5S. The molecule has 1 unspecified atom stereocenters. The molecule has 8 nitrogen and oxygen atoms in total. The number of nitrogens with zero attached hydrogens (tertiary/aromatic N) is 2. The van der Waals surface area contributed by atoms with Crippen LogP contribution in [0.25, 0.3) is 0 Å². The zero-order chi connectivity index (χ0) is 15.6. The van der Waals surface area contributed by atoms with E-state index < -0.39 is 14.9 Å². The summed E-state index contributed by atoms with van der Waals surface area (Å²) < 4.78 is 31.3. The minimum Gasteiger partial charge on any atom is -0.490 e. The average Bonchev–Trinajstić information content (AvgIpc) is 2.46. The predicted octanol–water partition coefficient (Wildman–Crippen LogP) is 0.586. The second-order valence-corrected chi connectivity index (χ2v) is 6.75. The molecule has 1 fully saturated rings. The molecule has 0 radical (unpaired) electrons. The highest BCUT2D eigenvalue weighted by atomic mass is 32.2. The average molecular weight is 315 g/mol. The smallest absolute Gasteiger partial charge is 0.312 e. The van der Waals surface area contributed by atoms with Crippen molar-refractivity contribution in [2.24, 2.45) is 0 Å². The fourth-order valence-corrected chi connectivity index (χ4v) is 3.79. The normalized spacial score (nSPS) is 20.2. The third kappa shape index (κ3) is 3.14. The Kier molecular flexibility index (Phi) is 4.45. The lowest BCUT2D eigenvalue weighted by molar-refractivity contribution is -0.386. The standard InChI is InChI=1S/C12H17N3O5S/c1-9-8-14(6-5-13-9)21(18,19)10-3-4-12(20-2)11(7-10)15(16)17/h3-4,7,9,13H,5-6,8H2,1-2H3. The van der Waals surface area contributed by atoms with Crippen molar-refractivity contribution < 1.29 is 18.1 Å². The van der Waals surface area contributed by atoms with Crippen molar-refractivity contribution in [3.63, 3.8) is 0 Å². The van der Waals surface area contributed by atoms with Crippen LogP contribution in [0.5, 0.6) is 5.75 Å². The van der Waals surface area contributed by atoms with Gasteiger partial charge in [0.2, 0.25) is 10.0 Å². The van der Waals surface area contributed by atoms with E-state index in [0.717, 1.165) is 6.07 Å². The highest BCUT2D eigenvalue weighted by Gasteiger charge is 2.30. The third-order valence-corrected chi connectivity index (χ3v) is 5.18. The summed E-state index contributed by atoms with van der Waals surface area (Å²) in [7, 11) is -2.44. The first-order valence-corrected chi connectivity index (χ1v) is 7.86. The van der Waals surface area contributed by atoms with Gasteiger partial charge in [0.05, 0.1) is 16.9 Å². The van der Waals surface area contributed by atoms with Gasteiger partial charge in [0, 0.05) is 31.7 Å². The molecule has 9 heteroatoms. The maximum absolute atomic E-state index is 12.5. The molecule has 1 atom stereocenters. The second-order valence-electron chi connectivity index (χ2n) is 4.81. The van der Waals surface area contributed by atoms with E-state index in [4.69, 9.17) is 4.74 Å². The van der Waals surface area contributed by atoms with Crippen molar-refractivity contribution in [1.82, 2.24) is 9.62 Å². The molecule has 0 saturated carbocycles. The van der Waals surface area contributed by atoms with Crippen LogP contribution in [0, 0.1) is 10.1 Å². The molecule has 21 heavy (non-hydrogen) atoms. The number of hydrogen-bond acceptors (Lipinski definition) is 6. The Morgan fingerprint density at radius 2 is 2.19 bits per heavy atom. The molecule has 0 amide bonds. The molecule has 1 saturated heterocycles. The van der Waals surface area contributed by atoms with Crippen molar-refractivity contribution in [3.8, 4) is 5.75 Å². The second kappa shape index (κ2) is 5.96. The monoisotopic (exact) mass is 315 g/mol. The molecular weight excluding hydrogens is 298 g/mol. The van der Waals surface area contributed by atoms with Crippen LogP contribution in [0.15, 0.2) is 23.1 Å². The Bertz CT molecular complexity index is 646. The fraction of sp³-hybridized carbons (Fsp3) is 0.500. The van der Waals surface area contributed by atoms with Crippen LogP contribution in [-0.2, 0) is 10.0 Å². The zero-order valence-electron chi connectivity index (χ0n) is 11.8. The number of methoxy groups -OCH3 is 1. The molecule has 1 aliphatic heterocycles. The summed E-state index contributed by atoms with van der Waals surface area (Å²) in [6.45, 7) is 3.12. The zero-order valence-corrected chi connectivity index (χ0v) is 12.6. The molecule has 1 heterocycles. The molecule has 0 aliphatic carbocycles. The largest absolute Gasteiger partial charge is 0.490 e. The minimum absolute atomic E-state index is 0.0348. The maximum atomic E-state index is 12.5. The molecule has 0 bridgehead atoms. The van der Waals surface area contributed by atoms with Gasteiger partial charge in [0.25, 0.3) is 0 Å². The van der Waals surface area contributed by atoms with E-state index in [0.29, 0.717) is 19.6 Å². The number of hydrogen-bond donors (Lipinski definition) is 1. The number of benzene rings is 1. The van der Waals surface area contributed by atoms with E-state index in [9.17, 15) is 18.5 Å². The molecule has 1 N–H and O–H groups in total. The molecule has 0 spiro atoms. The fourth-order valence-electron chi connectivity index (χ4n) is 2.24. The van der Waals surface area contributed by atoms with Crippen molar-refractivity contribution in [3.05, 3.63) is 28.3 Å². The van der Waals surface area contributed by atoms with E-state index in [2.05, 4.69) is 5.32 Å². The number of nitrogens with one attached hydrogen (secondary N) is 1. The lowest BCUT2D eigenvalue weighted by Crippen LogP contribution is -2.51. The number of rotatable bonds is 4. The van der Waals surface area contributed by atoms with E-state index in [1.165, 1.54) is 23.5 Å². The van der Waals surface area contributed by atoms with Gasteiger partial charge in [-0.1, -0.05) is 0 Å². The van der Waals surface area contributed by atoms with Crippen LogP contribution in [0.1, 0.15) is 6.92 Å². The molecule has 1 aromatic rings. The maximum Gasteiger partial charge on any atom is 0.312 e. The van der Waals surface area contributed by atoms with Gasteiger partial charge < -0.3 is 10.1 Å². The van der Waals surface area contributed by atoms with Crippen LogP contribution < -0.4 is 10.1 Å². The Morgan fingerprint density at radius 1 is 1.48 bits per heavy atom. The summed E-state index contributed by atoms with van der Waals surface area (Å²) in [6, 6.07) is 3.72. The van der Waals surface area contributed by atoms with Gasteiger partial charge in [-0.05, 0) is 19.1 Å². The van der Waals surface area contributed by atoms with Gasteiger partial charge in [-0.25, -0.2) is 8.42 Å². The Labute approximate surface area is 122 Å². The van der Waals surface area contributed by atoms with E-state index in [1.807, 2.05) is 6.92 Å². The minimum atomic E-state index is -3.74.